The van der Waals surface area contributed by atoms with E-state index in [9.17, 15) is 4.79 Å². The number of allylic oxidation sites excluding steroid dienone is 1. The highest BCUT2D eigenvalue weighted by Crippen LogP contribution is 2.36. The van der Waals surface area contributed by atoms with Gasteiger partial charge < -0.3 is 9.32 Å². The fraction of sp³-hybridized carbons (Fsp3) is 0.312. The number of benzene rings is 1. The Bertz CT molecular complexity index is 715. The molecule has 1 aliphatic heterocycles. The maximum Gasteiger partial charge on any atom is 0.152 e. The van der Waals surface area contributed by atoms with E-state index in [1.54, 1.807) is 12.2 Å². The van der Waals surface area contributed by atoms with Gasteiger partial charge in [0.25, 0.3) is 0 Å². The number of hydrogen-bond donors (Lipinski definition) is 0. The molecule has 0 radical (unpaired) electrons. The van der Waals surface area contributed by atoms with Crippen LogP contribution in [0.4, 0.5) is 0 Å². The van der Waals surface area contributed by atoms with Gasteiger partial charge in [0, 0.05) is 29.1 Å². The van der Waals surface area contributed by atoms with Gasteiger partial charge >= 0.3 is 0 Å². The zero-order valence-electron chi connectivity index (χ0n) is 11.6. The van der Waals surface area contributed by atoms with Gasteiger partial charge in [-0.3, -0.25) is 4.79 Å². The normalized spacial score (nSPS) is 15.9. The van der Waals surface area contributed by atoms with Gasteiger partial charge in [0.05, 0.1) is 0 Å². The van der Waals surface area contributed by atoms with E-state index >= 15 is 0 Å². The quantitative estimate of drug-likeness (QED) is 0.791. The molecular formula is C16H16ClNO2. The Hall–Kier alpha value is -1.58. The third kappa shape index (κ3) is 2.28. The monoisotopic (exact) mass is 289 g/mol. The van der Waals surface area contributed by atoms with Crippen molar-refractivity contribution in [3.05, 3.63) is 40.1 Å². The zero-order valence-corrected chi connectivity index (χ0v) is 12.3. The fourth-order valence-electron chi connectivity index (χ4n) is 2.70. The molecule has 0 saturated heterocycles. The van der Waals surface area contributed by atoms with Gasteiger partial charge in [-0.1, -0.05) is 11.6 Å². The maximum atomic E-state index is 11.1. The Kier molecular flexibility index (Phi) is 3.40. The molecule has 0 N–H and O–H groups in total. The molecule has 0 unspecified atom stereocenters. The first-order valence-electron chi connectivity index (χ1n) is 6.66. The third-order valence-corrected chi connectivity index (χ3v) is 4.03. The second-order valence-electron chi connectivity index (χ2n) is 5.28. The van der Waals surface area contributed by atoms with Crippen molar-refractivity contribution in [3.8, 4) is 0 Å². The zero-order chi connectivity index (χ0) is 14.3. The largest absolute Gasteiger partial charge is 0.456 e. The molecule has 2 aromatic rings. The van der Waals surface area contributed by atoms with Crippen LogP contribution in [0.15, 0.2) is 22.6 Å². The van der Waals surface area contributed by atoms with Crippen molar-refractivity contribution in [1.29, 1.82) is 0 Å². The number of rotatable bonds is 2. The van der Waals surface area contributed by atoms with Crippen LogP contribution in [0.1, 0.15) is 23.8 Å². The van der Waals surface area contributed by atoms with Crippen molar-refractivity contribution in [2.24, 2.45) is 0 Å². The average Bonchev–Trinajstić information content (AvgIpc) is 2.62. The van der Waals surface area contributed by atoms with Crippen LogP contribution in [0, 0.1) is 0 Å². The predicted molar refractivity (Wildman–Crippen MR) is 81.0 cm³/mol. The van der Waals surface area contributed by atoms with Crippen molar-refractivity contribution in [2.75, 3.05) is 13.6 Å². The maximum absolute atomic E-state index is 11.1. The first-order valence-corrected chi connectivity index (χ1v) is 7.04. The van der Waals surface area contributed by atoms with Crippen LogP contribution < -0.4 is 0 Å². The van der Waals surface area contributed by atoms with E-state index in [-0.39, 0.29) is 5.78 Å². The summed E-state index contributed by atoms with van der Waals surface area (Å²) in [6, 6.07) is 3.79. The number of carbonyl (C=O) groups excluding carboxylic acids is 1. The minimum absolute atomic E-state index is 0.0119. The molecule has 2 heterocycles. The number of carbonyl (C=O) groups is 1. The summed E-state index contributed by atoms with van der Waals surface area (Å²) in [5.41, 5.74) is 3.11. The smallest absolute Gasteiger partial charge is 0.152 e. The number of halogens is 1. The van der Waals surface area contributed by atoms with E-state index < -0.39 is 0 Å². The highest BCUT2D eigenvalue weighted by Gasteiger charge is 2.22. The van der Waals surface area contributed by atoms with Crippen molar-refractivity contribution >= 4 is 34.4 Å². The van der Waals surface area contributed by atoms with Gasteiger partial charge in [0.1, 0.15) is 11.3 Å². The molecule has 0 atom stereocenters. The number of hydrogen-bond acceptors (Lipinski definition) is 3. The number of furan rings is 1. The Balaban J connectivity index is 2.25. The van der Waals surface area contributed by atoms with Gasteiger partial charge in [-0.25, -0.2) is 0 Å². The van der Waals surface area contributed by atoms with Crippen LogP contribution in [-0.2, 0) is 17.8 Å². The number of nitrogens with zero attached hydrogens (tertiary/aromatic N) is 1. The minimum Gasteiger partial charge on any atom is -0.456 e. The molecule has 0 aliphatic carbocycles. The molecule has 104 valence electrons. The van der Waals surface area contributed by atoms with Gasteiger partial charge in [-0.2, -0.15) is 0 Å². The lowest BCUT2D eigenvalue weighted by molar-refractivity contribution is -0.112. The van der Waals surface area contributed by atoms with E-state index in [0.29, 0.717) is 0 Å². The standard InChI is InChI=1S/C16H16ClNO2/c1-10(19)3-5-14-12-9-18(2)8-7-11-13(17)4-6-15(20-14)16(11)12/h3-6H,7-9H2,1-2H3. The summed E-state index contributed by atoms with van der Waals surface area (Å²) in [6.07, 6.45) is 4.21. The molecule has 0 saturated carbocycles. The predicted octanol–water partition coefficient (Wildman–Crippen LogP) is 3.68. The molecule has 3 rings (SSSR count). The Morgan fingerprint density at radius 3 is 2.95 bits per heavy atom. The molecule has 1 aromatic carbocycles. The summed E-state index contributed by atoms with van der Waals surface area (Å²) >= 11 is 6.33. The Morgan fingerprint density at radius 1 is 1.40 bits per heavy atom. The minimum atomic E-state index is 0.0119. The lowest BCUT2D eigenvalue weighted by atomic mass is 10.0. The molecule has 4 heteroatoms. The summed E-state index contributed by atoms with van der Waals surface area (Å²) in [5.74, 6) is 0.769. The molecule has 1 aliphatic rings. The highest BCUT2D eigenvalue weighted by atomic mass is 35.5. The fourth-order valence-corrected chi connectivity index (χ4v) is 2.95. The van der Waals surface area contributed by atoms with Crippen LogP contribution in [0.5, 0.6) is 0 Å². The summed E-state index contributed by atoms with van der Waals surface area (Å²) in [7, 11) is 2.08. The Labute approximate surface area is 122 Å². The molecule has 20 heavy (non-hydrogen) atoms. The topological polar surface area (TPSA) is 33.5 Å². The van der Waals surface area contributed by atoms with E-state index in [4.69, 9.17) is 16.0 Å². The van der Waals surface area contributed by atoms with E-state index in [2.05, 4.69) is 11.9 Å². The number of likely N-dealkylation sites (N-methyl/N-ethyl adjacent to an activating group) is 1. The SMILES string of the molecule is CC(=O)C=Cc1oc2ccc(Cl)c3c2c1CN(C)CC3. The van der Waals surface area contributed by atoms with Gasteiger partial charge in [0.2, 0.25) is 0 Å². The van der Waals surface area contributed by atoms with Crippen molar-refractivity contribution in [2.45, 2.75) is 19.9 Å². The van der Waals surface area contributed by atoms with Crippen molar-refractivity contribution in [1.82, 2.24) is 4.90 Å². The summed E-state index contributed by atoms with van der Waals surface area (Å²) in [6.45, 7) is 3.30. The van der Waals surface area contributed by atoms with E-state index in [1.807, 2.05) is 12.1 Å². The first kappa shape index (κ1) is 13.4. The van der Waals surface area contributed by atoms with Crippen LogP contribution in [-0.4, -0.2) is 24.3 Å². The Morgan fingerprint density at radius 2 is 2.20 bits per heavy atom. The van der Waals surface area contributed by atoms with E-state index in [0.717, 1.165) is 52.4 Å². The van der Waals surface area contributed by atoms with Gasteiger partial charge in [-0.05, 0) is 50.2 Å². The second kappa shape index (κ2) is 5.08. The third-order valence-electron chi connectivity index (χ3n) is 3.68. The van der Waals surface area contributed by atoms with Crippen LogP contribution in [0.25, 0.3) is 17.0 Å². The molecule has 0 amide bonds. The van der Waals surface area contributed by atoms with Crippen LogP contribution >= 0.6 is 11.6 Å². The van der Waals surface area contributed by atoms with Gasteiger partial charge in [0.15, 0.2) is 5.78 Å². The van der Waals surface area contributed by atoms with Crippen molar-refractivity contribution < 1.29 is 9.21 Å². The first-order chi connectivity index (χ1) is 9.56. The summed E-state index contributed by atoms with van der Waals surface area (Å²) in [5, 5.41) is 1.90. The van der Waals surface area contributed by atoms with Gasteiger partial charge in [-0.15, -0.1) is 0 Å². The molecule has 1 aromatic heterocycles. The van der Waals surface area contributed by atoms with Crippen LogP contribution in [0.2, 0.25) is 5.02 Å². The molecule has 0 fully saturated rings. The summed E-state index contributed by atoms with van der Waals surface area (Å²) in [4.78, 5) is 13.4. The average molecular weight is 290 g/mol. The molecule has 0 spiro atoms. The van der Waals surface area contributed by atoms with E-state index in [1.165, 1.54) is 6.92 Å². The highest BCUT2D eigenvalue weighted by molar-refractivity contribution is 6.32. The van der Waals surface area contributed by atoms with Crippen molar-refractivity contribution in [3.63, 3.8) is 0 Å². The molecule has 3 nitrogen and oxygen atoms in total. The molecular weight excluding hydrogens is 274 g/mol. The lowest BCUT2D eigenvalue weighted by Crippen LogP contribution is -2.18. The lowest BCUT2D eigenvalue weighted by Gasteiger charge is -2.12. The molecule has 0 bridgehead atoms. The number of ketones is 1. The second-order valence-corrected chi connectivity index (χ2v) is 5.68. The van der Waals surface area contributed by atoms with Crippen LogP contribution in [0.3, 0.4) is 0 Å². The summed E-state index contributed by atoms with van der Waals surface area (Å²) < 4.78 is 5.90.